The Balaban J connectivity index is 1.56. The number of hydrogen-bond acceptors (Lipinski definition) is 5. The predicted octanol–water partition coefficient (Wildman–Crippen LogP) is 6.27. The topological polar surface area (TPSA) is 57.1 Å². The van der Waals surface area contributed by atoms with Crippen molar-refractivity contribution in [1.29, 1.82) is 0 Å². The molecule has 0 aliphatic carbocycles. The Morgan fingerprint density at radius 1 is 1.03 bits per heavy atom. The van der Waals surface area contributed by atoms with Crippen molar-refractivity contribution in [1.82, 2.24) is 0 Å². The average Bonchev–Trinajstić information content (AvgIpc) is 3.15. The van der Waals surface area contributed by atoms with E-state index in [1.807, 2.05) is 55.5 Å². The van der Waals surface area contributed by atoms with E-state index in [4.69, 9.17) is 25.8 Å². The fourth-order valence-corrected chi connectivity index (χ4v) is 3.64. The van der Waals surface area contributed by atoms with E-state index in [1.165, 1.54) is 3.57 Å². The first-order valence-corrected chi connectivity index (χ1v) is 11.4. The van der Waals surface area contributed by atoms with Gasteiger partial charge < -0.3 is 14.2 Å². The number of carbonyl (C=O) groups excluding carboxylic acids is 1. The molecule has 0 unspecified atom stereocenters. The smallest absolute Gasteiger partial charge is 0.363 e. The number of carbonyl (C=O) groups is 1. The van der Waals surface area contributed by atoms with Gasteiger partial charge >= 0.3 is 5.97 Å². The molecule has 0 bridgehead atoms. The van der Waals surface area contributed by atoms with Gasteiger partial charge in [0.1, 0.15) is 6.61 Å². The summed E-state index contributed by atoms with van der Waals surface area (Å²) in [5.74, 6) is 0.877. The van der Waals surface area contributed by atoms with E-state index in [1.54, 1.807) is 24.3 Å². The molecule has 1 aliphatic heterocycles. The second-order valence-corrected chi connectivity index (χ2v) is 8.52. The molecule has 0 fully saturated rings. The molecule has 0 aromatic heterocycles. The van der Waals surface area contributed by atoms with Gasteiger partial charge in [0.05, 0.1) is 17.2 Å². The van der Waals surface area contributed by atoms with Crippen LogP contribution in [0.1, 0.15) is 23.6 Å². The lowest BCUT2D eigenvalue weighted by atomic mass is 10.1. The first-order valence-electron chi connectivity index (χ1n) is 9.95. The van der Waals surface area contributed by atoms with E-state index in [0.717, 1.165) is 11.1 Å². The summed E-state index contributed by atoms with van der Waals surface area (Å²) in [5, 5.41) is 0.466. The summed E-state index contributed by atoms with van der Waals surface area (Å²) in [6.07, 6.45) is 1.65. The molecule has 7 heteroatoms. The van der Waals surface area contributed by atoms with Gasteiger partial charge in [-0.05, 0) is 83.1 Å². The van der Waals surface area contributed by atoms with Gasteiger partial charge in [-0.15, -0.1) is 0 Å². The van der Waals surface area contributed by atoms with Crippen LogP contribution in [-0.2, 0) is 16.1 Å². The van der Waals surface area contributed by atoms with Crippen LogP contribution < -0.4 is 9.47 Å². The number of cyclic esters (lactones) is 1. The van der Waals surface area contributed by atoms with Crippen LogP contribution in [0.2, 0.25) is 5.02 Å². The van der Waals surface area contributed by atoms with Crippen molar-refractivity contribution < 1.29 is 19.0 Å². The Hall–Kier alpha value is -2.84. The number of rotatable bonds is 7. The maximum atomic E-state index is 12.3. The van der Waals surface area contributed by atoms with Gasteiger partial charge in [0, 0.05) is 3.57 Å². The van der Waals surface area contributed by atoms with Gasteiger partial charge in [-0.1, -0.05) is 41.9 Å². The van der Waals surface area contributed by atoms with Crippen LogP contribution >= 0.6 is 34.2 Å². The number of halogens is 2. The van der Waals surface area contributed by atoms with Crippen LogP contribution in [0.3, 0.4) is 0 Å². The van der Waals surface area contributed by atoms with Crippen molar-refractivity contribution in [3.05, 3.63) is 97.7 Å². The molecule has 3 aromatic carbocycles. The van der Waals surface area contributed by atoms with Crippen LogP contribution in [0.15, 0.2) is 77.4 Å². The molecule has 0 atom stereocenters. The highest BCUT2D eigenvalue weighted by Crippen LogP contribution is 2.31. The second kappa shape index (κ2) is 10.2. The van der Waals surface area contributed by atoms with Gasteiger partial charge in [0.15, 0.2) is 17.2 Å². The molecule has 3 aromatic rings. The van der Waals surface area contributed by atoms with Crippen LogP contribution in [0.5, 0.6) is 11.5 Å². The molecule has 162 valence electrons. The van der Waals surface area contributed by atoms with E-state index in [-0.39, 0.29) is 11.6 Å². The van der Waals surface area contributed by atoms with Crippen LogP contribution in [0, 0.1) is 3.57 Å². The summed E-state index contributed by atoms with van der Waals surface area (Å²) in [6.45, 7) is 2.81. The summed E-state index contributed by atoms with van der Waals surface area (Å²) < 4.78 is 18.2. The zero-order chi connectivity index (χ0) is 22.5. The minimum Gasteiger partial charge on any atom is -0.490 e. The zero-order valence-corrected chi connectivity index (χ0v) is 20.1. The third-order valence-corrected chi connectivity index (χ3v) is 5.65. The lowest BCUT2D eigenvalue weighted by Crippen LogP contribution is -2.05. The van der Waals surface area contributed by atoms with Crippen molar-refractivity contribution in [3.63, 3.8) is 0 Å². The zero-order valence-electron chi connectivity index (χ0n) is 17.2. The molecule has 1 aliphatic rings. The Labute approximate surface area is 204 Å². The Morgan fingerprint density at radius 3 is 2.56 bits per heavy atom. The van der Waals surface area contributed by atoms with Crippen molar-refractivity contribution >= 4 is 52.1 Å². The number of nitrogens with zero attached hydrogens (tertiary/aromatic N) is 1. The third-order valence-electron chi connectivity index (χ3n) is 4.60. The lowest BCUT2D eigenvalue weighted by Gasteiger charge is -2.13. The SMILES string of the molecule is CCOc1cc(/C=C2\N=C(c3ccccc3Cl)OC2=O)ccc1OCc1ccc(I)cc1. The van der Waals surface area contributed by atoms with Crippen molar-refractivity contribution in [3.8, 4) is 11.5 Å². The third kappa shape index (κ3) is 5.31. The molecule has 5 nitrogen and oxygen atoms in total. The van der Waals surface area contributed by atoms with E-state index in [2.05, 4.69) is 27.6 Å². The van der Waals surface area contributed by atoms with Crippen molar-refractivity contribution in [2.75, 3.05) is 6.61 Å². The Morgan fingerprint density at radius 2 is 1.81 bits per heavy atom. The minimum atomic E-state index is -0.531. The van der Waals surface area contributed by atoms with Crippen LogP contribution in [0.25, 0.3) is 6.08 Å². The van der Waals surface area contributed by atoms with E-state index >= 15 is 0 Å². The second-order valence-electron chi connectivity index (χ2n) is 6.87. The van der Waals surface area contributed by atoms with E-state index in [0.29, 0.717) is 35.3 Å². The first-order chi connectivity index (χ1) is 15.5. The quantitative estimate of drug-likeness (QED) is 0.195. The van der Waals surface area contributed by atoms with Gasteiger partial charge in [-0.2, -0.15) is 0 Å². The number of esters is 1. The maximum Gasteiger partial charge on any atom is 0.363 e. The highest BCUT2D eigenvalue weighted by molar-refractivity contribution is 14.1. The summed E-state index contributed by atoms with van der Waals surface area (Å²) in [7, 11) is 0. The molecule has 0 saturated carbocycles. The number of aliphatic imine (C=N–C) groups is 1. The van der Waals surface area contributed by atoms with Crippen molar-refractivity contribution in [2.45, 2.75) is 13.5 Å². The largest absolute Gasteiger partial charge is 0.490 e. The number of hydrogen-bond donors (Lipinski definition) is 0. The standard InChI is InChI=1S/C25H19ClINO4/c1-2-30-23-14-17(9-12-22(23)31-15-16-7-10-18(27)11-8-16)13-21-25(29)32-24(28-21)19-5-3-4-6-20(19)26/h3-14H,2,15H2,1H3/b21-13-. The predicted molar refractivity (Wildman–Crippen MR) is 133 cm³/mol. The number of benzene rings is 3. The molecule has 0 amide bonds. The molecule has 0 spiro atoms. The van der Waals surface area contributed by atoms with Gasteiger partial charge in [0.2, 0.25) is 5.90 Å². The fraction of sp³-hybridized carbons (Fsp3) is 0.120. The first kappa shape index (κ1) is 22.4. The number of ether oxygens (including phenoxy) is 3. The van der Waals surface area contributed by atoms with Crippen LogP contribution in [-0.4, -0.2) is 18.5 Å². The molecule has 0 N–H and O–H groups in total. The monoisotopic (exact) mass is 559 g/mol. The van der Waals surface area contributed by atoms with Gasteiger partial charge in [0.25, 0.3) is 0 Å². The van der Waals surface area contributed by atoms with E-state index in [9.17, 15) is 4.79 Å². The highest BCUT2D eigenvalue weighted by atomic mass is 127. The average molecular weight is 560 g/mol. The molecule has 4 rings (SSSR count). The molecule has 0 radical (unpaired) electrons. The highest BCUT2D eigenvalue weighted by Gasteiger charge is 2.25. The molecule has 32 heavy (non-hydrogen) atoms. The minimum absolute atomic E-state index is 0.189. The van der Waals surface area contributed by atoms with Gasteiger partial charge in [-0.25, -0.2) is 9.79 Å². The summed E-state index contributed by atoms with van der Waals surface area (Å²) in [6, 6.07) is 20.7. The molecular weight excluding hydrogens is 541 g/mol. The lowest BCUT2D eigenvalue weighted by molar-refractivity contribution is -0.129. The molecule has 0 saturated heterocycles. The molecule has 1 heterocycles. The summed E-state index contributed by atoms with van der Waals surface area (Å²) in [5.41, 5.74) is 2.57. The van der Waals surface area contributed by atoms with Gasteiger partial charge in [-0.3, -0.25) is 0 Å². The summed E-state index contributed by atoms with van der Waals surface area (Å²) in [4.78, 5) is 16.7. The Kier molecular flexibility index (Phi) is 7.12. The summed E-state index contributed by atoms with van der Waals surface area (Å²) >= 11 is 8.46. The normalized spacial score (nSPS) is 14.3. The van der Waals surface area contributed by atoms with Crippen LogP contribution in [0.4, 0.5) is 0 Å². The maximum absolute atomic E-state index is 12.3. The van der Waals surface area contributed by atoms with Crippen molar-refractivity contribution in [2.24, 2.45) is 4.99 Å². The fourth-order valence-electron chi connectivity index (χ4n) is 3.06. The molecular formula is C25H19ClINO4. The van der Waals surface area contributed by atoms with E-state index < -0.39 is 5.97 Å². The Bertz CT molecular complexity index is 1200.